The van der Waals surface area contributed by atoms with Gasteiger partial charge in [0.1, 0.15) is 0 Å². The van der Waals surface area contributed by atoms with Gasteiger partial charge in [-0.1, -0.05) is 20.8 Å². The van der Waals surface area contributed by atoms with Gasteiger partial charge < -0.3 is 0 Å². The lowest BCUT2D eigenvalue weighted by molar-refractivity contribution is 0.135. The van der Waals surface area contributed by atoms with Crippen LogP contribution in [0.1, 0.15) is 40.0 Å². The molecular weight excluding hydrogens is 134 g/mol. The number of nitrogens with one attached hydrogen (secondary N) is 1. The lowest BCUT2D eigenvalue weighted by Crippen LogP contribution is -2.41. The van der Waals surface area contributed by atoms with E-state index < -0.39 is 0 Å². The van der Waals surface area contributed by atoms with Crippen molar-refractivity contribution in [1.29, 1.82) is 0 Å². The summed E-state index contributed by atoms with van der Waals surface area (Å²) in [5, 5.41) is 0. The first-order valence-electron chi connectivity index (χ1n) is 4.68. The van der Waals surface area contributed by atoms with Crippen LogP contribution in [-0.2, 0) is 0 Å². The van der Waals surface area contributed by atoms with Gasteiger partial charge in [-0.2, -0.15) is 0 Å². The van der Waals surface area contributed by atoms with Gasteiger partial charge in [0, 0.05) is 6.04 Å². The predicted molar refractivity (Wildman–Crippen MR) is 46.1 cm³/mol. The Hall–Kier alpha value is -0.0400. The molecule has 63 valence electrons. The maximum absolute atomic E-state index is 8.12. The zero-order valence-electron chi connectivity index (χ0n) is 7.78. The molecule has 0 aromatic carbocycles. The van der Waals surface area contributed by atoms with Crippen molar-refractivity contribution in [3.63, 3.8) is 0 Å². The van der Waals surface area contributed by atoms with Crippen LogP contribution < -0.4 is 5.73 Å². The van der Waals surface area contributed by atoms with Crippen molar-refractivity contribution in [2.75, 3.05) is 0 Å². The second-order valence-corrected chi connectivity index (χ2v) is 5.35. The Morgan fingerprint density at radius 3 is 2.18 bits per heavy atom. The highest BCUT2D eigenvalue weighted by Crippen LogP contribution is 2.61. The van der Waals surface area contributed by atoms with Crippen LogP contribution in [0.4, 0.5) is 0 Å². The van der Waals surface area contributed by atoms with Gasteiger partial charge >= 0.3 is 0 Å². The van der Waals surface area contributed by atoms with E-state index in [1.807, 2.05) is 0 Å². The molecular formula is C10H18N. The number of fused-ring (bicyclic) bond motifs is 2. The highest BCUT2D eigenvalue weighted by atomic mass is 14.8. The minimum atomic E-state index is 0.189. The summed E-state index contributed by atoms with van der Waals surface area (Å²) >= 11 is 0. The topological polar surface area (TPSA) is 23.8 Å². The Bertz CT molecular complexity index is 181. The fraction of sp³-hybridized carbons (Fsp3) is 1.00. The highest BCUT2D eigenvalue weighted by molar-refractivity contribution is 5.10. The second-order valence-electron chi connectivity index (χ2n) is 5.35. The molecule has 0 amide bonds. The monoisotopic (exact) mass is 152 g/mol. The minimum Gasteiger partial charge on any atom is -0.253 e. The van der Waals surface area contributed by atoms with Crippen LogP contribution in [0.2, 0.25) is 0 Å². The third-order valence-electron chi connectivity index (χ3n) is 4.27. The zero-order valence-corrected chi connectivity index (χ0v) is 7.78. The van der Waals surface area contributed by atoms with Gasteiger partial charge in [-0.3, -0.25) is 5.73 Å². The molecule has 1 heteroatoms. The third-order valence-corrected chi connectivity index (χ3v) is 4.27. The van der Waals surface area contributed by atoms with E-state index in [1.54, 1.807) is 0 Å². The third kappa shape index (κ3) is 0.752. The molecule has 1 nitrogen and oxygen atoms in total. The first-order valence-corrected chi connectivity index (χ1v) is 4.68. The Kier molecular flexibility index (Phi) is 1.26. The Morgan fingerprint density at radius 2 is 1.91 bits per heavy atom. The quantitative estimate of drug-likeness (QED) is 0.509. The summed E-state index contributed by atoms with van der Waals surface area (Å²) in [6.45, 7) is 6.86. The van der Waals surface area contributed by atoms with Crippen molar-refractivity contribution >= 4 is 0 Å². The lowest BCUT2D eigenvalue weighted by Gasteiger charge is -2.39. The van der Waals surface area contributed by atoms with Crippen LogP contribution in [0.15, 0.2) is 0 Å². The van der Waals surface area contributed by atoms with E-state index >= 15 is 0 Å². The molecule has 2 aliphatic rings. The van der Waals surface area contributed by atoms with Crippen LogP contribution in [-0.4, -0.2) is 6.04 Å². The van der Waals surface area contributed by atoms with E-state index in [2.05, 4.69) is 20.8 Å². The average molecular weight is 152 g/mol. The van der Waals surface area contributed by atoms with Crippen LogP contribution in [0.25, 0.3) is 0 Å². The first-order chi connectivity index (χ1) is 4.97. The summed E-state index contributed by atoms with van der Waals surface area (Å²) in [4.78, 5) is 0. The van der Waals surface area contributed by atoms with Gasteiger partial charge in [0.25, 0.3) is 0 Å². The van der Waals surface area contributed by atoms with Crippen LogP contribution in [0, 0.1) is 16.7 Å². The SMILES string of the molecule is CC12CCC(C1)C(C)(C)C2[NH]. The molecule has 3 unspecified atom stereocenters. The molecule has 2 rings (SSSR count). The maximum Gasteiger partial charge on any atom is 0.0320 e. The molecule has 2 saturated carbocycles. The molecule has 2 bridgehead atoms. The van der Waals surface area contributed by atoms with Crippen molar-refractivity contribution in [1.82, 2.24) is 5.73 Å². The molecule has 3 atom stereocenters. The van der Waals surface area contributed by atoms with Crippen molar-refractivity contribution in [3.8, 4) is 0 Å². The second kappa shape index (κ2) is 1.82. The average Bonchev–Trinajstić information content (AvgIpc) is 2.36. The van der Waals surface area contributed by atoms with E-state index in [1.165, 1.54) is 19.3 Å². The summed E-state index contributed by atoms with van der Waals surface area (Å²) in [5.41, 5.74) is 8.79. The summed E-state index contributed by atoms with van der Waals surface area (Å²) in [5.74, 6) is 0.843. The molecule has 0 saturated heterocycles. The fourth-order valence-electron chi connectivity index (χ4n) is 3.30. The van der Waals surface area contributed by atoms with Gasteiger partial charge in [0.2, 0.25) is 0 Å². The van der Waals surface area contributed by atoms with Gasteiger partial charge in [0.15, 0.2) is 0 Å². The predicted octanol–water partition coefficient (Wildman–Crippen LogP) is 2.48. The van der Waals surface area contributed by atoms with Crippen LogP contribution in [0.3, 0.4) is 0 Å². The van der Waals surface area contributed by atoms with Gasteiger partial charge in [-0.05, 0) is 36.0 Å². The maximum atomic E-state index is 8.12. The van der Waals surface area contributed by atoms with Gasteiger partial charge in [0.05, 0.1) is 0 Å². The Labute approximate surface area is 69.4 Å². The van der Waals surface area contributed by atoms with Crippen molar-refractivity contribution in [3.05, 3.63) is 0 Å². The van der Waals surface area contributed by atoms with Crippen molar-refractivity contribution in [2.45, 2.75) is 46.1 Å². The van der Waals surface area contributed by atoms with E-state index in [0.29, 0.717) is 10.8 Å². The molecule has 0 spiro atoms. The Balaban J connectivity index is 2.34. The number of hydrogen-bond donors (Lipinski definition) is 0. The van der Waals surface area contributed by atoms with E-state index in [9.17, 15) is 0 Å². The normalized spacial score (nSPS) is 53.5. The molecule has 0 heterocycles. The van der Waals surface area contributed by atoms with Gasteiger partial charge in [-0.25, -0.2) is 0 Å². The number of rotatable bonds is 0. The largest absolute Gasteiger partial charge is 0.253 e. The van der Waals surface area contributed by atoms with Crippen LogP contribution >= 0.6 is 0 Å². The highest BCUT2D eigenvalue weighted by Gasteiger charge is 2.57. The molecule has 11 heavy (non-hydrogen) atoms. The smallest absolute Gasteiger partial charge is 0.0320 e. The fourth-order valence-corrected chi connectivity index (χ4v) is 3.30. The molecule has 0 aliphatic heterocycles. The Morgan fingerprint density at radius 1 is 1.27 bits per heavy atom. The molecule has 1 N–H and O–H groups in total. The molecule has 2 fully saturated rings. The van der Waals surface area contributed by atoms with E-state index in [0.717, 1.165) is 5.92 Å². The summed E-state index contributed by atoms with van der Waals surface area (Å²) in [6, 6.07) is 0.189. The molecule has 1 radical (unpaired) electrons. The molecule has 2 aliphatic carbocycles. The molecule has 0 aromatic rings. The lowest BCUT2D eigenvalue weighted by atomic mass is 9.69. The zero-order chi connectivity index (χ0) is 8.28. The molecule has 0 aromatic heterocycles. The summed E-state index contributed by atoms with van der Waals surface area (Å²) in [7, 11) is 0. The van der Waals surface area contributed by atoms with Crippen molar-refractivity contribution < 1.29 is 0 Å². The van der Waals surface area contributed by atoms with Gasteiger partial charge in [-0.15, -0.1) is 0 Å². The standard InChI is InChI=1S/C10H18N/c1-9(2)7-4-5-10(3,6-7)8(9)11/h7-8,11H,4-6H2,1-3H3. The van der Waals surface area contributed by atoms with Crippen molar-refractivity contribution in [2.24, 2.45) is 16.7 Å². The van der Waals surface area contributed by atoms with Crippen LogP contribution in [0.5, 0.6) is 0 Å². The minimum absolute atomic E-state index is 0.189. The summed E-state index contributed by atoms with van der Waals surface area (Å²) < 4.78 is 0. The van der Waals surface area contributed by atoms with E-state index in [4.69, 9.17) is 5.73 Å². The van der Waals surface area contributed by atoms with E-state index in [-0.39, 0.29) is 6.04 Å². The first kappa shape index (κ1) is 7.60. The number of hydrogen-bond acceptors (Lipinski definition) is 0. The summed E-state index contributed by atoms with van der Waals surface area (Å²) in [6.07, 6.45) is 3.99.